The van der Waals surface area contributed by atoms with Crippen molar-refractivity contribution < 1.29 is 4.48 Å². The summed E-state index contributed by atoms with van der Waals surface area (Å²) in [6.07, 6.45) is 11.2. The van der Waals surface area contributed by atoms with E-state index in [0.29, 0.717) is 0 Å². The molecule has 0 saturated heterocycles. The highest BCUT2D eigenvalue weighted by molar-refractivity contribution is 4.45. The zero-order valence-electron chi connectivity index (χ0n) is 10.5. The molecule has 14 heavy (non-hydrogen) atoms. The quantitative estimate of drug-likeness (QED) is 0.389. The molecule has 0 amide bonds. The lowest BCUT2D eigenvalue weighted by atomic mass is 10.1. The first-order valence-electron chi connectivity index (χ1n) is 6.23. The van der Waals surface area contributed by atoms with Gasteiger partial charge < -0.3 is 4.48 Å². The van der Waals surface area contributed by atoms with Gasteiger partial charge in [0.15, 0.2) is 0 Å². The van der Waals surface area contributed by atoms with E-state index in [-0.39, 0.29) is 0 Å². The van der Waals surface area contributed by atoms with Crippen LogP contribution >= 0.6 is 0 Å². The van der Waals surface area contributed by atoms with Gasteiger partial charge >= 0.3 is 0 Å². The molecule has 0 heterocycles. The number of nitrogens with zero attached hydrogens (tertiary/aromatic N) is 1. The number of unbranched alkanes of at least 4 members (excludes halogenated alkanes) is 7. The van der Waals surface area contributed by atoms with Gasteiger partial charge in [0.05, 0.1) is 20.6 Å². The molecule has 0 aromatic rings. The summed E-state index contributed by atoms with van der Waals surface area (Å²) >= 11 is 0. The molecule has 0 saturated carbocycles. The molecule has 0 aliphatic heterocycles. The summed E-state index contributed by atoms with van der Waals surface area (Å²) in [6, 6.07) is 0. The lowest BCUT2D eigenvalue weighted by molar-refractivity contribution is -0.845. The molecule has 0 aliphatic carbocycles. The Morgan fingerprint density at radius 3 is 1.64 bits per heavy atom. The molecule has 0 aromatic heterocycles. The SMILES string of the molecule is [CH2][N+](C)(C)CCCCCCCCCC. The van der Waals surface area contributed by atoms with Crippen molar-refractivity contribution in [3.8, 4) is 0 Å². The summed E-state index contributed by atoms with van der Waals surface area (Å²) < 4.78 is 0.871. The lowest BCUT2D eigenvalue weighted by Gasteiger charge is -2.22. The summed E-state index contributed by atoms with van der Waals surface area (Å²) in [4.78, 5) is 0. The Morgan fingerprint density at radius 2 is 1.21 bits per heavy atom. The molecule has 1 nitrogen and oxygen atoms in total. The third-order valence-electron chi connectivity index (χ3n) is 2.62. The standard InChI is InChI=1S/C13H29N/c1-5-6-7-8-9-10-11-12-13-14(2,3)4/h2,5-13H2,1,3-4H3/q+1. The minimum Gasteiger partial charge on any atom is -0.324 e. The van der Waals surface area contributed by atoms with Crippen LogP contribution < -0.4 is 0 Å². The van der Waals surface area contributed by atoms with Crippen molar-refractivity contribution in [2.24, 2.45) is 0 Å². The van der Waals surface area contributed by atoms with Gasteiger partial charge in [-0.3, -0.25) is 0 Å². The fraction of sp³-hybridized carbons (Fsp3) is 0.923. The summed E-state index contributed by atoms with van der Waals surface area (Å²) in [6.45, 7) is 3.49. The smallest absolute Gasteiger partial charge is 0.128 e. The van der Waals surface area contributed by atoms with Crippen LogP contribution in [0.4, 0.5) is 0 Å². The van der Waals surface area contributed by atoms with E-state index in [0.717, 1.165) is 4.48 Å². The number of quaternary nitrogens is 1. The molecule has 0 spiro atoms. The minimum absolute atomic E-state index is 0.871. The van der Waals surface area contributed by atoms with E-state index in [1.165, 1.54) is 57.9 Å². The summed E-state index contributed by atoms with van der Waals surface area (Å²) in [5, 5.41) is 0. The van der Waals surface area contributed by atoms with Gasteiger partial charge in [-0.1, -0.05) is 45.4 Å². The maximum Gasteiger partial charge on any atom is 0.128 e. The van der Waals surface area contributed by atoms with Crippen molar-refractivity contribution in [1.82, 2.24) is 0 Å². The molecule has 0 fully saturated rings. The molecule has 0 aliphatic rings. The predicted octanol–water partition coefficient (Wildman–Crippen LogP) is 4.00. The Kier molecular flexibility index (Phi) is 8.26. The Balaban J connectivity index is 2.99. The summed E-state index contributed by atoms with van der Waals surface area (Å²) in [5.74, 6) is 0. The summed E-state index contributed by atoms with van der Waals surface area (Å²) in [5.41, 5.74) is 0. The van der Waals surface area contributed by atoms with Crippen LogP contribution in [0.2, 0.25) is 0 Å². The van der Waals surface area contributed by atoms with Crippen molar-refractivity contribution in [2.45, 2.75) is 58.3 Å². The van der Waals surface area contributed by atoms with Crippen molar-refractivity contribution in [3.63, 3.8) is 0 Å². The van der Waals surface area contributed by atoms with Crippen LogP contribution in [0.3, 0.4) is 0 Å². The fourth-order valence-corrected chi connectivity index (χ4v) is 1.67. The zero-order chi connectivity index (χ0) is 10.9. The topological polar surface area (TPSA) is 0 Å². The Labute approximate surface area is 91.1 Å². The van der Waals surface area contributed by atoms with Gasteiger partial charge in [-0.05, 0) is 12.8 Å². The largest absolute Gasteiger partial charge is 0.324 e. The second kappa shape index (κ2) is 8.28. The van der Waals surface area contributed by atoms with E-state index in [4.69, 9.17) is 0 Å². The minimum atomic E-state index is 0.871. The highest BCUT2D eigenvalue weighted by atomic mass is 15.3. The molecule has 1 radical (unpaired) electrons. The van der Waals surface area contributed by atoms with E-state index in [1.54, 1.807) is 0 Å². The van der Waals surface area contributed by atoms with Gasteiger partial charge in [-0.2, -0.15) is 0 Å². The number of hydrogen-bond acceptors (Lipinski definition) is 0. The molecule has 0 bridgehead atoms. The Hall–Kier alpha value is -0.0400. The zero-order valence-corrected chi connectivity index (χ0v) is 10.5. The van der Waals surface area contributed by atoms with Gasteiger partial charge in [-0.15, -0.1) is 0 Å². The second-order valence-corrected chi connectivity index (χ2v) is 5.13. The van der Waals surface area contributed by atoms with Crippen molar-refractivity contribution in [2.75, 3.05) is 20.6 Å². The first-order valence-corrected chi connectivity index (χ1v) is 6.23. The summed E-state index contributed by atoms with van der Waals surface area (Å²) in [7, 11) is 8.40. The molecule has 85 valence electrons. The number of rotatable bonds is 9. The van der Waals surface area contributed by atoms with Crippen LogP contribution in [0.25, 0.3) is 0 Å². The predicted molar refractivity (Wildman–Crippen MR) is 64.9 cm³/mol. The van der Waals surface area contributed by atoms with Crippen molar-refractivity contribution in [1.29, 1.82) is 0 Å². The van der Waals surface area contributed by atoms with Crippen LogP contribution in [0, 0.1) is 7.05 Å². The molecule has 0 aromatic carbocycles. The monoisotopic (exact) mass is 199 g/mol. The highest BCUT2D eigenvalue weighted by Crippen LogP contribution is 2.09. The third-order valence-corrected chi connectivity index (χ3v) is 2.62. The Morgan fingerprint density at radius 1 is 0.786 bits per heavy atom. The lowest BCUT2D eigenvalue weighted by Crippen LogP contribution is -2.32. The molecule has 1 heteroatoms. The maximum absolute atomic E-state index is 4.07. The first-order chi connectivity index (χ1) is 6.56. The first kappa shape index (κ1) is 14.0. The molecule has 0 atom stereocenters. The van der Waals surface area contributed by atoms with Crippen LogP contribution in [-0.2, 0) is 0 Å². The van der Waals surface area contributed by atoms with Crippen molar-refractivity contribution in [3.05, 3.63) is 7.05 Å². The van der Waals surface area contributed by atoms with Crippen LogP contribution in [0.1, 0.15) is 58.3 Å². The fourth-order valence-electron chi connectivity index (χ4n) is 1.67. The highest BCUT2D eigenvalue weighted by Gasteiger charge is 2.05. The van der Waals surface area contributed by atoms with Gasteiger partial charge in [0, 0.05) is 0 Å². The van der Waals surface area contributed by atoms with Crippen LogP contribution in [-0.4, -0.2) is 25.1 Å². The van der Waals surface area contributed by atoms with Gasteiger partial charge in [0.2, 0.25) is 0 Å². The maximum atomic E-state index is 4.07. The van der Waals surface area contributed by atoms with E-state index in [2.05, 4.69) is 28.1 Å². The van der Waals surface area contributed by atoms with E-state index < -0.39 is 0 Å². The molecular weight excluding hydrogens is 170 g/mol. The Bertz CT molecular complexity index is 113. The van der Waals surface area contributed by atoms with Crippen molar-refractivity contribution >= 4 is 0 Å². The van der Waals surface area contributed by atoms with Gasteiger partial charge in [-0.25, -0.2) is 0 Å². The van der Waals surface area contributed by atoms with E-state index in [9.17, 15) is 0 Å². The van der Waals surface area contributed by atoms with Gasteiger partial charge in [0.1, 0.15) is 7.05 Å². The third kappa shape index (κ3) is 12.0. The van der Waals surface area contributed by atoms with Crippen LogP contribution in [0.15, 0.2) is 0 Å². The number of hydrogen-bond donors (Lipinski definition) is 0. The molecular formula is C13H29N+. The average molecular weight is 199 g/mol. The normalized spacial score (nSPS) is 12.0. The van der Waals surface area contributed by atoms with E-state index >= 15 is 0 Å². The van der Waals surface area contributed by atoms with E-state index in [1.807, 2.05) is 0 Å². The molecule has 0 unspecified atom stereocenters. The van der Waals surface area contributed by atoms with Gasteiger partial charge in [0.25, 0.3) is 0 Å². The second-order valence-electron chi connectivity index (χ2n) is 5.13. The average Bonchev–Trinajstić information content (AvgIpc) is 2.08. The molecule has 0 rings (SSSR count). The molecule has 0 N–H and O–H groups in total. The van der Waals surface area contributed by atoms with Crippen LogP contribution in [0.5, 0.6) is 0 Å².